The Hall–Kier alpha value is -3.28. The van der Waals surface area contributed by atoms with Gasteiger partial charge in [-0.25, -0.2) is 9.78 Å². The van der Waals surface area contributed by atoms with Crippen LogP contribution in [0.25, 0.3) is 10.9 Å². The van der Waals surface area contributed by atoms with Crippen molar-refractivity contribution < 1.29 is 4.79 Å². The third-order valence-electron chi connectivity index (χ3n) is 6.91. The number of nitrogens with zero attached hydrogens (tertiary/aromatic N) is 2. The quantitative estimate of drug-likeness (QED) is 0.398. The Morgan fingerprint density at radius 3 is 2.34 bits per heavy atom. The molecule has 4 rings (SSSR count). The predicted octanol–water partition coefficient (Wildman–Crippen LogP) is 6.45. The Morgan fingerprint density at radius 2 is 1.66 bits per heavy atom. The molecular formula is C29H39N5O. The van der Waals surface area contributed by atoms with Crippen molar-refractivity contribution in [2.75, 3.05) is 29.6 Å². The zero-order chi connectivity index (χ0) is 25.2. The van der Waals surface area contributed by atoms with Crippen LogP contribution in [0.5, 0.6) is 0 Å². The second kappa shape index (κ2) is 10.1. The van der Waals surface area contributed by atoms with E-state index in [0.717, 1.165) is 64.9 Å². The molecule has 0 radical (unpaired) electrons. The summed E-state index contributed by atoms with van der Waals surface area (Å²) in [4.78, 5) is 19.8. The van der Waals surface area contributed by atoms with Crippen molar-refractivity contribution in [3.8, 4) is 0 Å². The van der Waals surface area contributed by atoms with Gasteiger partial charge in [0.15, 0.2) is 0 Å². The average Bonchev–Trinajstić information content (AvgIpc) is 2.80. The van der Waals surface area contributed by atoms with E-state index in [1.165, 1.54) is 0 Å². The number of carbonyl (C=O) groups excluding carboxylic acids is 1. The minimum absolute atomic E-state index is 0.0401. The topological polar surface area (TPSA) is 69.3 Å². The number of pyridine rings is 1. The number of aromatic nitrogens is 1. The molecule has 1 aromatic heterocycles. The first-order chi connectivity index (χ1) is 16.6. The number of hydrogen-bond donors (Lipinski definition) is 3. The largest absolute Gasteiger partial charge is 0.377 e. The maximum Gasteiger partial charge on any atom is 0.319 e. The summed E-state index contributed by atoms with van der Waals surface area (Å²) in [7, 11) is 4.13. The fourth-order valence-corrected chi connectivity index (χ4v) is 4.99. The minimum Gasteiger partial charge on any atom is -0.377 e. The van der Waals surface area contributed by atoms with Crippen LogP contribution in [0.15, 0.2) is 48.5 Å². The fourth-order valence-electron chi connectivity index (χ4n) is 4.99. The molecule has 1 aliphatic carbocycles. The lowest BCUT2D eigenvalue weighted by Gasteiger charge is -2.31. The average molecular weight is 474 g/mol. The van der Waals surface area contributed by atoms with Crippen LogP contribution in [0.1, 0.15) is 57.6 Å². The van der Waals surface area contributed by atoms with Crippen molar-refractivity contribution in [2.45, 2.75) is 70.9 Å². The van der Waals surface area contributed by atoms with E-state index in [0.29, 0.717) is 6.04 Å². The number of para-hydroxylation sites is 2. The van der Waals surface area contributed by atoms with E-state index >= 15 is 0 Å². The van der Waals surface area contributed by atoms with Gasteiger partial charge >= 0.3 is 6.03 Å². The highest BCUT2D eigenvalue weighted by molar-refractivity contribution is 5.93. The normalized spacial score (nSPS) is 18.2. The van der Waals surface area contributed by atoms with Crippen molar-refractivity contribution in [2.24, 2.45) is 0 Å². The summed E-state index contributed by atoms with van der Waals surface area (Å²) in [6.07, 6.45) is 3.88. The summed E-state index contributed by atoms with van der Waals surface area (Å²) in [6.45, 7) is 8.56. The van der Waals surface area contributed by atoms with Gasteiger partial charge in [-0.2, -0.15) is 0 Å². The Bertz CT molecular complexity index is 1190. The van der Waals surface area contributed by atoms with Gasteiger partial charge in [0.1, 0.15) is 5.82 Å². The number of carbonyl (C=O) groups is 1. The Morgan fingerprint density at radius 1 is 0.971 bits per heavy atom. The number of urea groups is 1. The zero-order valence-corrected chi connectivity index (χ0v) is 21.9. The molecule has 3 aromatic rings. The maximum atomic E-state index is 12.9. The number of benzene rings is 2. The number of anilines is 3. The standard InChI is InChI=1S/C29H39N5O/c1-19-10-9-12-23(29(2,3)4)27(19)33-28(35)31-21-16-14-20(15-17-21)30-26-18-25(34(5)6)22-11-7-8-13-24(22)32-26/h7-13,18,20-21H,14-17H2,1-6H3,(H,30,32)(H2,31,33,35). The van der Waals surface area contributed by atoms with Crippen molar-refractivity contribution in [1.82, 2.24) is 10.3 Å². The van der Waals surface area contributed by atoms with Gasteiger partial charge in [-0.15, -0.1) is 0 Å². The lowest BCUT2D eigenvalue weighted by Crippen LogP contribution is -2.42. The monoisotopic (exact) mass is 473 g/mol. The van der Waals surface area contributed by atoms with Gasteiger partial charge in [0, 0.05) is 49.0 Å². The van der Waals surface area contributed by atoms with Crippen LogP contribution < -0.4 is 20.9 Å². The SMILES string of the molecule is Cc1cccc(C(C)(C)C)c1NC(=O)NC1CCC(Nc2cc(N(C)C)c3ccccc3n2)CC1. The summed E-state index contributed by atoms with van der Waals surface area (Å²) >= 11 is 0. The second-order valence-electron chi connectivity index (χ2n) is 11.0. The first kappa shape index (κ1) is 24.8. The molecule has 6 nitrogen and oxygen atoms in total. The van der Waals surface area contributed by atoms with Crippen molar-refractivity contribution in [1.29, 1.82) is 0 Å². The van der Waals surface area contributed by atoms with E-state index in [2.05, 4.69) is 92.1 Å². The summed E-state index contributed by atoms with van der Waals surface area (Å²) in [5, 5.41) is 11.1. The molecule has 3 N–H and O–H groups in total. The van der Waals surface area contributed by atoms with E-state index < -0.39 is 0 Å². The Kier molecular flexibility index (Phi) is 7.20. The van der Waals surface area contributed by atoms with Crippen LogP contribution in [-0.4, -0.2) is 37.2 Å². The first-order valence-corrected chi connectivity index (χ1v) is 12.6. The van der Waals surface area contributed by atoms with Gasteiger partial charge in [-0.3, -0.25) is 0 Å². The number of rotatable bonds is 5. The molecule has 1 fully saturated rings. The van der Waals surface area contributed by atoms with Crippen molar-refractivity contribution >= 4 is 34.1 Å². The molecule has 0 atom stereocenters. The third-order valence-corrected chi connectivity index (χ3v) is 6.91. The third kappa shape index (κ3) is 5.87. The van der Waals surface area contributed by atoms with Crippen LogP contribution in [0.4, 0.5) is 22.0 Å². The molecule has 0 aliphatic heterocycles. The molecule has 6 heteroatoms. The number of aryl methyl sites for hydroxylation is 1. The number of hydrogen-bond acceptors (Lipinski definition) is 4. The van der Waals surface area contributed by atoms with Gasteiger partial charge in [0.2, 0.25) is 0 Å². The molecule has 0 bridgehead atoms. The van der Waals surface area contributed by atoms with Gasteiger partial charge in [0.25, 0.3) is 0 Å². The van der Waals surface area contributed by atoms with Gasteiger partial charge in [-0.1, -0.05) is 57.2 Å². The Labute approximate surface area is 209 Å². The first-order valence-electron chi connectivity index (χ1n) is 12.6. The zero-order valence-electron chi connectivity index (χ0n) is 21.9. The molecule has 1 aliphatic rings. The number of amides is 2. The van der Waals surface area contributed by atoms with Crippen LogP contribution in [-0.2, 0) is 5.41 Å². The number of nitrogens with one attached hydrogen (secondary N) is 3. The highest BCUT2D eigenvalue weighted by atomic mass is 16.2. The smallest absolute Gasteiger partial charge is 0.319 e. The van der Waals surface area contributed by atoms with Crippen molar-refractivity contribution in [3.63, 3.8) is 0 Å². The molecule has 186 valence electrons. The molecule has 1 heterocycles. The van der Waals surface area contributed by atoms with Gasteiger partial charge in [-0.05, 0) is 55.2 Å². The van der Waals surface area contributed by atoms with E-state index in [1.54, 1.807) is 0 Å². The molecule has 0 unspecified atom stereocenters. The predicted molar refractivity (Wildman–Crippen MR) is 148 cm³/mol. The molecule has 0 spiro atoms. The molecule has 35 heavy (non-hydrogen) atoms. The summed E-state index contributed by atoms with van der Waals surface area (Å²) < 4.78 is 0. The second-order valence-corrected chi connectivity index (χ2v) is 11.0. The van der Waals surface area contributed by atoms with E-state index in [4.69, 9.17) is 4.98 Å². The molecular weight excluding hydrogens is 434 g/mol. The lowest BCUT2D eigenvalue weighted by atomic mass is 9.84. The summed E-state index contributed by atoms with van der Waals surface area (Å²) in [5.41, 5.74) is 5.28. The maximum absolute atomic E-state index is 12.9. The molecule has 1 saturated carbocycles. The number of fused-ring (bicyclic) bond motifs is 1. The van der Waals surface area contributed by atoms with E-state index in [9.17, 15) is 4.79 Å². The summed E-state index contributed by atoms with van der Waals surface area (Å²) in [6, 6.07) is 17.0. The minimum atomic E-state index is -0.118. The Balaban J connectivity index is 1.35. The van der Waals surface area contributed by atoms with Crippen LogP contribution in [0.2, 0.25) is 0 Å². The molecule has 0 saturated heterocycles. The van der Waals surface area contributed by atoms with Crippen molar-refractivity contribution in [3.05, 3.63) is 59.7 Å². The van der Waals surface area contributed by atoms with Crippen LogP contribution in [0.3, 0.4) is 0 Å². The molecule has 2 aromatic carbocycles. The van der Waals surface area contributed by atoms with Crippen LogP contribution in [0, 0.1) is 6.92 Å². The highest BCUT2D eigenvalue weighted by Gasteiger charge is 2.25. The van der Waals surface area contributed by atoms with Crippen LogP contribution >= 0.6 is 0 Å². The van der Waals surface area contributed by atoms with E-state index in [1.807, 2.05) is 19.1 Å². The van der Waals surface area contributed by atoms with Gasteiger partial charge in [0.05, 0.1) is 5.52 Å². The highest BCUT2D eigenvalue weighted by Crippen LogP contribution is 2.32. The summed E-state index contributed by atoms with van der Waals surface area (Å²) in [5.74, 6) is 0.913. The van der Waals surface area contributed by atoms with Gasteiger partial charge < -0.3 is 20.9 Å². The fraction of sp³-hybridized carbons (Fsp3) is 0.448. The molecule has 2 amide bonds. The lowest BCUT2D eigenvalue weighted by molar-refractivity contribution is 0.243. The van der Waals surface area contributed by atoms with E-state index in [-0.39, 0.29) is 17.5 Å².